The third-order valence-corrected chi connectivity index (χ3v) is 17.2. The zero-order chi connectivity index (χ0) is 53.7. The molecule has 3 aromatic heterocycles. The second kappa shape index (κ2) is 18.7. The van der Waals surface area contributed by atoms with Crippen LogP contribution in [0.5, 0.6) is 0 Å². The first-order valence-corrected chi connectivity index (χ1v) is 28.5. The molecule has 0 aliphatic carbocycles. The van der Waals surface area contributed by atoms with Gasteiger partial charge in [0, 0.05) is 49.4 Å². The molecule has 0 saturated heterocycles. The van der Waals surface area contributed by atoms with Crippen molar-refractivity contribution in [1.29, 1.82) is 0 Å². The lowest BCUT2D eigenvalue weighted by Gasteiger charge is -2.18. The van der Waals surface area contributed by atoms with Gasteiger partial charge in [-0.2, -0.15) is 0 Å². The normalized spacial score (nSPS) is 11.9. The van der Waals surface area contributed by atoms with Gasteiger partial charge in [-0.3, -0.25) is 0 Å². The van der Waals surface area contributed by atoms with Crippen LogP contribution in [0.25, 0.3) is 149 Å². The Morgan fingerprint density at radius 3 is 0.938 bits per heavy atom. The van der Waals surface area contributed by atoms with Crippen LogP contribution in [0.3, 0.4) is 0 Å². The molecule has 16 aromatic rings. The summed E-state index contributed by atoms with van der Waals surface area (Å²) in [7, 11) is 0. The minimum absolute atomic E-state index is 1.09. The molecule has 0 N–H and O–H groups in total. The van der Waals surface area contributed by atoms with Crippen molar-refractivity contribution in [2.75, 3.05) is 0 Å². The number of aromatic nitrogens is 3. The summed E-state index contributed by atoms with van der Waals surface area (Å²) < 4.78 is 7.30. The first kappa shape index (κ1) is 46.8. The molecular weight excluding hydrogens is 979 g/mol. The van der Waals surface area contributed by atoms with Crippen molar-refractivity contribution in [2.45, 2.75) is 26.7 Å². The molecule has 0 fully saturated rings. The van der Waals surface area contributed by atoms with Gasteiger partial charge in [0.15, 0.2) is 0 Å². The Kier molecular flexibility index (Phi) is 10.8. The van der Waals surface area contributed by atoms with Crippen molar-refractivity contribution < 1.29 is 0 Å². The topological polar surface area (TPSA) is 14.8 Å². The minimum Gasteiger partial charge on any atom is -0.309 e. The number of hydrogen-bond acceptors (Lipinski definition) is 0. The van der Waals surface area contributed by atoms with E-state index in [1.165, 1.54) is 154 Å². The summed E-state index contributed by atoms with van der Waals surface area (Å²) in [4.78, 5) is 0. The zero-order valence-corrected chi connectivity index (χ0v) is 45.2. The molecule has 16 rings (SSSR count). The molecule has 0 spiro atoms. The van der Waals surface area contributed by atoms with E-state index in [2.05, 4.69) is 301 Å². The van der Waals surface area contributed by atoms with Crippen LogP contribution in [0.1, 0.15) is 24.5 Å². The maximum atomic E-state index is 2.47. The SMILES string of the molecule is CCCc1ccc(-n2c3ccccc3c3cc(-c4ccc5c(c4)c4cc(-c6ccc7c(c6)c6ccccc6n7-c6ccc(C)cc6)ccc4n5-c4ccc(-c5c6ccccc6c(-c6ccccc6)c6ccccc56)cc4)ccc32)cc1. The molecule has 0 atom stereocenters. The van der Waals surface area contributed by atoms with Gasteiger partial charge < -0.3 is 13.7 Å². The average Bonchev–Trinajstić information content (AvgIpc) is 4.35. The highest BCUT2D eigenvalue weighted by Crippen LogP contribution is 2.45. The smallest absolute Gasteiger partial charge is 0.0541 e. The molecular formula is C78H55N3. The second-order valence-electron chi connectivity index (χ2n) is 22.0. The van der Waals surface area contributed by atoms with Crippen molar-refractivity contribution >= 4 is 87.0 Å². The zero-order valence-electron chi connectivity index (χ0n) is 45.2. The Hall–Kier alpha value is -10.2. The largest absolute Gasteiger partial charge is 0.309 e. The Labute approximate surface area is 470 Å². The molecule has 81 heavy (non-hydrogen) atoms. The fourth-order valence-corrected chi connectivity index (χ4v) is 13.4. The summed E-state index contributed by atoms with van der Waals surface area (Å²) in [6.07, 6.45) is 2.22. The van der Waals surface area contributed by atoms with E-state index >= 15 is 0 Å². The van der Waals surface area contributed by atoms with Crippen molar-refractivity contribution in [3.63, 3.8) is 0 Å². The number of benzene rings is 13. The molecule has 3 nitrogen and oxygen atoms in total. The van der Waals surface area contributed by atoms with Crippen LogP contribution in [-0.4, -0.2) is 13.7 Å². The summed E-state index contributed by atoms with van der Waals surface area (Å²) in [6.45, 7) is 4.39. The monoisotopic (exact) mass is 1030 g/mol. The standard InChI is InChI=1S/C78H55N3/c1-3-15-51-28-38-59(39-29-51)80-72-25-14-12-19-62(72)68-47-55(33-43-74(68)80)57-35-45-76-70(49-57)69-48-56(54-32-42-73-67(46-54)61-18-11-13-24-71(61)79(73)58-36-26-50(2)27-37-58)34-44-75(69)81(76)60-40-30-53(31-41-60)78-65-22-9-7-20-63(65)77(52-16-5-4-6-17-52)64-21-8-10-23-66(64)78/h4-14,16-49H,3,15H2,1-2H3. The van der Waals surface area contributed by atoms with Gasteiger partial charge in [-0.15, -0.1) is 0 Å². The highest BCUT2D eigenvalue weighted by atomic mass is 15.0. The Morgan fingerprint density at radius 1 is 0.247 bits per heavy atom. The van der Waals surface area contributed by atoms with E-state index in [-0.39, 0.29) is 0 Å². The maximum absolute atomic E-state index is 2.47. The summed E-state index contributed by atoms with van der Waals surface area (Å²) in [5.41, 5.74) is 23.0. The second-order valence-corrected chi connectivity index (χ2v) is 22.0. The fraction of sp³-hybridized carbons (Fsp3) is 0.0513. The van der Waals surface area contributed by atoms with E-state index in [9.17, 15) is 0 Å². The van der Waals surface area contributed by atoms with E-state index in [0.717, 1.165) is 18.5 Å². The molecule has 0 aliphatic rings. The number of rotatable bonds is 9. The first-order chi connectivity index (χ1) is 40.0. The lowest BCUT2D eigenvalue weighted by Crippen LogP contribution is -1.95. The van der Waals surface area contributed by atoms with Crippen molar-refractivity contribution in [3.05, 3.63) is 284 Å². The number of nitrogens with zero attached hydrogens (tertiary/aromatic N) is 3. The van der Waals surface area contributed by atoms with Crippen LogP contribution in [0.4, 0.5) is 0 Å². The molecule has 0 bridgehead atoms. The molecule has 0 radical (unpaired) electrons. The van der Waals surface area contributed by atoms with Crippen LogP contribution in [0.2, 0.25) is 0 Å². The average molecular weight is 1030 g/mol. The number of para-hydroxylation sites is 2. The molecule has 0 unspecified atom stereocenters. The first-order valence-electron chi connectivity index (χ1n) is 28.5. The molecule has 3 heterocycles. The van der Waals surface area contributed by atoms with E-state index in [0.29, 0.717) is 0 Å². The molecule has 13 aromatic carbocycles. The number of fused-ring (bicyclic) bond motifs is 11. The van der Waals surface area contributed by atoms with E-state index in [4.69, 9.17) is 0 Å². The lowest BCUT2D eigenvalue weighted by molar-refractivity contribution is 0.921. The highest BCUT2D eigenvalue weighted by molar-refractivity contribution is 6.22. The van der Waals surface area contributed by atoms with Gasteiger partial charge >= 0.3 is 0 Å². The summed E-state index contributed by atoms with van der Waals surface area (Å²) >= 11 is 0. The molecule has 0 aliphatic heterocycles. The fourth-order valence-electron chi connectivity index (χ4n) is 13.4. The molecule has 0 amide bonds. The number of aryl methyl sites for hydroxylation is 2. The molecule has 382 valence electrons. The van der Waals surface area contributed by atoms with Gasteiger partial charge in [-0.1, -0.05) is 195 Å². The van der Waals surface area contributed by atoms with Crippen molar-refractivity contribution in [2.24, 2.45) is 0 Å². The van der Waals surface area contributed by atoms with Gasteiger partial charge in [-0.25, -0.2) is 0 Å². The van der Waals surface area contributed by atoms with Crippen LogP contribution < -0.4 is 0 Å². The van der Waals surface area contributed by atoms with Crippen LogP contribution in [0.15, 0.2) is 273 Å². The quantitative estimate of drug-likeness (QED) is 0.128. The van der Waals surface area contributed by atoms with E-state index in [1.807, 2.05) is 0 Å². The van der Waals surface area contributed by atoms with Gasteiger partial charge in [0.1, 0.15) is 0 Å². The third kappa shape index (κ3) is 7.50. The van der Waals surface area contributed by atoms with Crippen LogP contribution in [-0.2, 0) is 6.42 Å². The highest BCUT2D eigenvalue weighted by Gasteiger charge is 2.21. The predicted molar refractivity (Wildman–Crippen MR) is 345 cm³/mol. The van der Waals surface area contributed by atoms with Crippen molar-refractivity contribution in [1.82, 2.24) is 13.7 Å². The Balaban J connectivity index is 0.870. The van der Waals surface area contributed by atoms with Gasteiger partial charge in [0.2, 0.25) is 0 Å². The minimum atomic E-state index is 1.09. The van der Waals surface area contributed by atoms with Crippen molar-refractivity contribution in [3.8, 4) is 61.6 Å². The number of hydrogen-bond donors (Lipinski definition) is 0. The van der Waals surface area contributed by atoms with Crippen LogP contribution in [0, 0.1) is 6.92 Å². The lowest BCUT2D eigenvalue weighted by atomic mass is 9.86. The van der Waals surface area contributed by atoms with Gasteiger partial charge in [-0.05, 0) is 182 Å². The van der Waals surface area contributed by atoms with Gasteiger partial charge in [0.25, 0.3) is 0 Å². The Morgan fingerprint density at radius 2 is 0.543 bits per heavy atom. The summed E-state index contributed by atoms with van der Waals surface area (Å²) in [5.74, 6) is 0. The molecule has 3 heteroatoms. The maximum Gasteiger partial charge on any atom is 0.0541 e. The predicted octanol–water partition coefficient (Wildman–Crippen LogP) is 21.2. The molecule has 0 saturated carbocycles. The van der Waals surface area contributed by atoms with Gasteiger partial charge in [0.05, 0.1) is 33.1 Å². The van der Waals surface area contributed by atoms with E-state index in [1.54, 1.807) is 0 Å². The van der Waals surface area contributed by atoms with Crippen LogP contribution >= 0.6 is 0 Å². The summed E-state index contributed by atoms with van der Waals surface area (Å²) in [6, 6.07) is 102. The van der Waals surface area contributed by atoms with E-state index < -0.39 is 0 Å². The third-order valence-electron chi connectivity index (χ3n) is 17.2. The Bertz CT molecular complexity index is 5090. The summed E-state index contributed by atoms with van der Waals surface area (Å²) in [5, 5.41) is 12.4.